The number of ether oxygens (including phenoxy) is 2. The monoisotopic (exact) mass is 284 g/mol. The lowest BCUT2D eigenvalue weighted by Crippen LogP contribution is -1.97. The molecule has 1 aliphatic heterocycles. The Hall–Kier alpha value is -2.17. The van der Waals surface area contributed by atoms with Gasteiger partial charge in [0.05, 0.1) is 5.56 Å². The molecule has 0 amide bonds. The average Bonchev–Trinajstić information content (AvgIpc) is 2.90. The van der Waals surface area contributed by atoms with Gasteiger partial charge in [-0.15, -0.1) is 0 Å². The van der Waals surface area contributed by atoms with E-state index in [1.807, 2.05) is 18.2 Å². The van der Waals surface area contributed by atoms with Crippen LogP contribution in [0.15, 0.2) is 22.7 Å². The van der Waals surface area contributed by atoms with E-state index >= 15 is 0 Å². The summed E-state index contributed by atoms with van der Waals surface area (Å²) in [6.45, 7) is 0.275. The number of hydrogen-bond donors (Lipinski definition) is 1. The van der Waals surface area contributed by atoms with Crippen LogP contribution in [-0.2, 0) is 0 Å². The third-order valence-electron chi connectivity index (χ3n) is 5.02. The third kappa shape index (κ3) is 1.66. The van der Waals surface area contributed by atoms with Gasteiger partial charge in [-0.25, -0.2) is 0 Å². The predicted molar refractivity (Wildman–Crippen MR) is 76.0 cm³/mol. The fraction of sp³-hybridized carbons (Fsp3) is 0.438. The zero-order valence-corrected chi connectivity index (χ0v) is 11.5. The van der Waals surface area contributed by atoms with Gasteiger partial charge < -0.3 is 19.7 Å². The van der Waals surface area contributed by atoms with Crippen LogP contribution in [0.1, 0.15) is 30.9 Å². The highest BCUT2D eigenvalue weighted by Gasteiger charge is 2.48. The first-order chi connectivity index (χ1) is 10.3. The summed E-state index contributed by atoms with van der Waals surface area (Å²) >= 11 is 0. The van der Waals surface area contributed by atoms with Gasteiger partial charge >= 0.3 is 0 Å². The van der Waals surface area contributed by atoms with E-state index in [2.05, 4.69) is 5.16 Å². The number of hydrogen-bond acceptors (Lipinski definition) is 5. The van der Waals surface area contributed by atoms with Crippen LogP contribution < -0.4 is 15.2 Å². The van der Waals surface area contributed by atoms with Gasteiger partial charge in [0.25, 0.3) is 0 Å². The second-order valence-electron chi connectivity index (χ2n) is 6.30. The van der Waals surface area contributed by atoms with Gasteiger partial charge in [-0.1, -0.05) is 11.2 Å². The standard InChI is InChI=1S/C16H16N2O3/c17-16-14(8-1-2-12-13(6-8)20-7-19-12)15(21-18-16)11-4-9-3-10(9)5-11/h1-2,6,9-11H,3-5,7H2,(H2,17,18). The van der Waals surface area contributed by atoms with E-state index in [1.165, 1.54) is 19.3 Å². The minimum absolute atomic E-state index is 0.275. The van der Waals surface area contributed by atoms with Crippen LogP contribution in [0.5, 0.6) is 11.5 Å². The van der Waals surface area contributed by atoms with Crippen LogP contribution in [0.3, 0.4) is 0 Å². The van der Waals surface area contributed by atoms with Gasteiger partial charge in [-0.05, 0) is 48.8 Å². The van der Waals surface area contributed by atoms with E-state index in [0.29, 0.717) is 11.7 Å². The zero-order valence-electron chi connectivity index (χ0n) is 11.5. The smallest absolute Gasteiger partial charge is 0.231 e. The van der Waals surface area contributed by atoms with Gasteiger partial charge in [0, 0.05) is 5.92 Å². The van der Waals surface area contributed by atoms with Crippen molar-refractivity contribution in [3.63, 3.8) is 0 Å². The second-order valence-corrected chi connectivity index (χ2v) is 6.30. The molecule has 108 valence electrons. The lowest BCUT2D eigenvalue weighted by molar-refractivity contribution is 0.174. The topological polar surface area (TPSA) is 70.5 Å². The molecule has 2 atom stereocenters. The first kappa shape index (κ1) is 11.5. The molecule has 5 heteroatoms. The molecule has 5 rings (SSSR count). The molecule has 21 heavy (non-hydrogen) atoms. The minimum Gasteiger partial charge on any atom is -0.454 e. The Morgan fingerprint density at radius 2 is 1.86 bits per heavy atom. The Morgan fingerprint density at radius 3 is 2.71 bits per heavy atom. The van der Waals surface area contributed by atoms with Crippen LogP contribution in [0.25, 0.3) is 11.1 Å². The molecule has 2 heterocycles. The largest absolute Gasteiger partial charge is 0.454 e. The van der Waals surface area contributed by atoms with Crippen molar-refractivity contribution in [2.75, 3.05) is 12.5 Å². The summed E-state index contributed by atoms with van der Waals surface area (Å²) in [5.41, 5.74) is 7.98. The minimum atomic E-state index is 0.275. The molecular weight excluding hydrogens is 268 g/mol. The van der Waals surface area contributed by atoms with E-state index < -0.39 is 0 Å². The molecule has 5 nitrogen and oxygen atoms in total. The fourth-order valence-corrected chi connectivity index (χ4v) is 3.87. The van der Waals surface area contributed by atoms with Gasteiger partial charge in [-0.2, -0.15) is 0 Å². The number of rotatable bonds is 2. The van der Waals surface area contributed by atoms with E-state index in [-0.39, 0.29) is 6.79 Å². The van der Waals surface area contributed by atoms with E-state index in [9.17, 15) is 0 Å². The number of aromatic nitrogens is 1. The lowest BCUT2D eigenvalue weighted by atomic mass is 9.94. The molecule has 1 aromatic carbocycles. The highest BCUT2D eigenvalue weighted by Crippen LogP contribution is 2.58. The van der Waals surface area contributed by atoms with Crippen LogP contribution in [0, 0.1) is 11.8 Å². The van der Waals surface area contributed by atoms with E-state index in [1.54, 1.807) is 0 Å². The normalized spacial score (nSPS) is 28.7. The molecule has 1 aromatic heterocycles. The van der Waals surface area contributed by atoms with Crippen LogP contribution in [-0.4, -0.2) is 11.9 Å². The number of anilines is 1. The highest BCUT2D eigenvalue weighted by atomic mass is 16.7. The number of nitrogen functional groups attached to an aromatic ring is 1. The van der Waals surface area contributed by atoms with Crippen molar-refractivity contribution in [3.05, 3.63) is 24.0 Å². The van der Waals surface area contributed by atoms with Crippen molar-refractivity contribution in [1.82, 2.24) is 5.16 Å². The fourth-order valence-electron chi connectivity index (χ4n) is 3.87. The van der Waals surface area contributed by atoms with Crippen LogP contribution in [0.4, 0.5) is 5.82 Å². The van der Waals surface area contributed by atoms with Gasteiger partial charge in [0.15, 0.2) is 17.3 Å². The van der Waals surface area contributed by atoms with Gasteiger partial charge in [-0.3, -0.25) is 0 Å². The average molecular weight is 284 g/mol. The van der Waals surface area contributed by atoms with Crippen LogP contribution in [0.2, 0.25) is 0 Å². The SMILES string of the molecule is Nc1noc(C2CC3CC3C2)c1-c1ccc2c(c1)OCO2. The van der Waals surface area contributed by atoms with Crippen molar-refractivity contribution in [3.8, 4) is 22.6 Å². The molecule has 2 aliphatic carbocycles. The number of fused-ring (bicyclic) bond motifs is 2. The third-order valence-corrected chi connectivity index (χ3v) is 5.02. The van der Waals surface area contributed by atoms with Crippen molar-refractivity contribution < 1.29 is 14.0 Å². The number of nitrogens with zero attached hydrogens (tertiary/aromatic N) is 1. The van der Waals surface area contributed by atoms with Crippen molar-refractivity contribution in [2.45, 2.75) is 25.2 Å². The Morgan fingerprint density at radius 1 is 1.05 bits per heavy atom. The molecule has 2 unspecified atom stereocenters. The Balaban J connectivity index is 1.57. The Bertz CT molecular complexity index is 714. The molecule has 3 aliphatic rings. The molecule has 2 saturated carbocycles. The molecule has 0 spiro atoms. The quantitative estimate of drug-likeness (QED) is 0.917. The summed E-state index contributed by atoms with van der Waals surface area (Å²) in [4.78, 5) is 0. The van der Waals surface area contributed by atoms with Gasteiger partial charge in [0.2, 0.25) is 6.79 Å². The lowest BCUT2D eigenvalue weighted by Gasteiger charge is -2.10. The maximum absolute atomic E-state index is 6.06. The molecule has 2 N–H and O–H groups in total. The summed E-state index contributed by atoms with van der Waals surface area (Å²) < 4.78 is 16.4. The first-order valence-electron chi connectivity index (χ1n) is 7.44. The van der Waals surface area contributed by atoms with Crippen molar-refractivity contribution in [2.24, 2.45) is 11.8 Å². The van der Waals surface area contributed by atoms with E-state index in [4.69, 9.17) is 19.7 Å². The molecule has 2 aromatic rings. The summed E-state index contributed by atoms with van der Waals surface area (Å²) in [5, 5.41) is 4.00. The molecule has 2 fully saturated rings. The Kier molecular flexibility index (Phi) is 2.15. The summed E-state index contributed by atoms with van der Waals surface area (Å²) in [7, 11) is 0. The van der Waals surface area contributed by atoms with Crippen molar-refractivity contribution >= 4 is 5.82 Å². The maximum Gasteiger partial charge on any atom is 0.231 e. The maximum atomic E-state index is 6.06. The predicted octanol–water partition coefficient (Wildman–Crippen LogP) is 3.17. The highest BCUT2D eigenvalue weighted by molar-refractivity contribution is 5.78. The van der Waals surface area contributed by atoms with Gasteiger partial charge in [0.1, 0.15) is 5.76 Å². The molecule has 0 bridgehead atoms. The summed E-state index contributed by atoms with van der Waals surface area (Å²) in [6, 6.07) is 5.88. The van der Waals surface area contributed by atoms with Crippen molar-refractivity contribution in [1.29, 1.82) is 0 Å². The molecule has 0 radical (unpaired) electrons. The number of nitrogens with two attached hydrogens (primary N) is 1. The first-order valence-corrected chi connectivity index (χ1v) is 7.44. The Labute approximate surface area is 122 Å². The summed E-state index contributed by atoms with van der Waals surface area (Å²) in [5.74, 6) is 5.18. The zero-order chi connectivity index (χ0) is 14.0. The van der Waals surface area contributed by atoms with E-state index in [0.717, 1.165) is 40.2 Å². The molecular formula is C16H16N2O3. The number of benzene rings is 1. The molecule has 0 saturated heterocycles. The summed E-state index contributed by atoms with van der Waals surface area (Å²) in [6.07, 6.45) is 3.80. The second kappa shape index (κ2) is 3.93. The van der Waals surface area contributed by atoms with Crippen LogP contribution >= 0.6 is 0 Å².